The molecule has 4 nitrogen and oxygen atoms in total. The molecule has 0 heterocycles. The third-order valence-electron chi connectivity index (χ3n) is 3.77. The van der Waals surface area contributed by atoms with E-state index >= 15 is 0 Å². The highest BCUT2D eigenvalue weighted by Gasteiger charge is 2.12. The van der Waals surface area contributed by atoms with Crippen LogP contribution in [0.2, 0.25) is 0 Å². The Morgan fingerprint density at radius 3 is 2.42 bits per heavy atom. The molecule has 0 saturated carbocycles. The van der Waals surface area contributed by atoms with Crippen LogP contribution in [0.3, 0.4) is 0 Å². The van der Waals surface area contributed by atoms with Gasteiger partial charge in [-0.25, -0.2) is 0 Å². The highest BCUT2D eigenvalue weighted by atomic mass is 79.9. The predicted octanol–water partition coefficient (Wildman–Crippen LogP) is 4.32. The first-order chi connectivity index (χ1) is 12.6. The molecule has 0 aromatic heterocycles. The van der Waals surface area contributed by atoms with E-state index in [1.807, 2.05) is 55.5 Å². The fraction of sp³-hybridized carbons (Fsp3) is 0.350. The Bertz CT molecular complexity index is 676. The molecule has 0 spiro atoms. The summed E-state index contributed by atoms with van der Waals surface area (Å²) in [6, 6.07) is 15.6. The summed E-state index contributed by atoms with van der Waals surface area (Å²) >= 11 is 4.99. The standard InChI is InChI=1S/C20H24BrNO3S/c1-15(26-14-13-25-19-9-5-17(21)6-10-19)20(23)22-12-11-16-3-7-18(24-2)8-4-16/h3-10,15H,11-14H2,1-2H3,(H,22,23). The Balaban J connectivity index is 1.60. The molecular weight excluding hydrogens is 414 g/mol. The number of hydrogen-bond donors (Lipinski definition) is 1. The molecule has 0 aliphatic heterocycles. The Labute approximate surface area is 167 Å². The molecule has 0 saturated heterocycles. The summed E-state index contributed by atoms with van der Waals surface area (Å²) in [4.78, 5) is 12.1. The Morgan fingerprint density at radius 1 is 1.12 bits per heavy atom. The van der Waals surface area contributed by atoms with Gasteiger partial charge >= 0.3 is 0 Å². The van der Waals surface area contributed by atoms with E-state index in [2.05, 4.69) is 21.2 Å². The zero-order chi connectivity index (χ0) is 18.8. The Hall–Kier alpha value is -1.66. The lowest BCUT2D eigenvalue weighted by molar-refractivity contribution is -0.120. The summed E-state index contributed by atoms with van der Waals surface area (Å²) in [7, 11) is 1.65. The summed E-state index contributed by atoms with van der Waals surface area (Å²) in [5.41, 5.74) is 1.18. The number of methoxy groups -OCH3 is 1. The fourth-order valence-electron chi connectivity index (χ4n) is 2.26. The first kappa shape index (κ1) is 20.6. The maximum atomic E-state index is 12.1. The van der Waals surface area contributed by atoms with Gasteiger partial charge < -0.3 is 14.8 Å². The summed E-state index contributed by atoms with van der Waals surface area (Å²) in [5, 5.41) is 2.89. The highest BCUT2D eigenvalue weighted by molar-refractivity contribution is 9.10. The fourth-order valence-corrected chi connectivity index (χ4v) is 3.29. The van der Waals surface area contributed by atoms with Gasteiger partial charge in [-0.05, 0) is 55.3 Å². The van der Waals surface area contributed by atoms with Crippen LogP contribution in [0.15, 0.2) is 53.0 Å². The third kappa shape index (κ3) is 7.30. The van der Waals surface area contributed by atoms with Crippen LogP contribution in [0.4, 0.5) is 0 Å². The van der Waals surface area contributed by atoms with Crippen molar-refractivity contribution in [3.05, 3.63) is 58.6 Å². The summed E-state index contributed by atoms with van der Waals surface area (Å²) in [6.07, 6.45) is 0.805. The number of thioether (sulfide) groups is 1. The molecule has 6 heteroatoms. The van der Waals surface area contributed by atoms with Crippen molar-refractivity contribution >= 4 is 33.6 Å². The second kappa shape index (κ2) is 11.1. The van der Waals surface area contributed by atoms with E-state index in [-0.39, 0.29) is 11.2 Å². The summed E-state index contributed by atoms with van der Waals surface area (Å²) in [6.45, 7) is 3.13. The average Bonchev–Trinajstić information content (AvgIpc) is 2.67. The van der Waals surface area contributed by atoms with Crippen LogP contribution in [-0.4, -0.2) is 37.2 Å². The number of benzene rings is 2. The normalized spacial score (nSPS) is 11.7. The van der Waals surface area contributed by atoms with E-state index in [9.17, 15) is 4.79 Å². The molecule has 140 valence electrons. The number of amides is 1. The predicted molar refractivity (Wildman–Crippen MR) is 111 cm³/mol. The van der Waals surface area contributed by atoms with Crippen LogP contribution in [0.1, 0.15) is 12.5 Å². The van der Waals surface area contributed by atoms with Gasteiger partial charge in [-0.15, -0.1) is 11.8 Å². The maximum Gasteiger partial charge on any atom is 0.232 e. The van der Waals surface area contributed by atoms with Crippen molar-refractivity contribution in [1.29, 1.82) is 0 Å². The van der Waals surface area contributed by atoms with Gasteiger partial charge in [0.15, 0.2) is 0 Å². The number of rotatable bonds is 10. The van der Waals surface area contributed by atoms with Gasteiger partial charge in [-0.1, -0.05) is 28.1 Å². The van der Waals surface area contributed by atoms with Crippen molar-refractivity contribution in [3.8, 4) is 11.5 Å². The zero-order valence-electron chi connectivity index (χ0n) is 15.0. The Morgan fingerprint density at radius 2 is 1.77 bits per heavy atom. The first-order valence-electron chi connectivity index (χ1n) is 8.49. The van der Waals surface area contributed by atoms with Crippen LogP contribution in [0.5, 0.6) is 11.5 Å². The van der Waals surface area contributed by atoms with Crippen LogP contribution in [0.25, 0.3) is 0 Å². The summed E-state index contributed by atoms with van der Waals surface area (Å²) in [5.74, 6) is 2.51. The molecule has 26 heavy (non-hydrogen) atoms. The first-order valence-corrected chi connectivity index (χ1v) is 10.3. The molecule has 2 aromatic carbocycles. The minimum Gasteiger partial charge on any atom is -0.497 e. The number of carbonyl (C=O) groups is 1. The van der Waals surface area contributed by atoms with Gasteiger partial charge in [-0.3, -0.25) is 4.79 Å². The van der Waals surface area contributed by atoms with Crippen molar-refractivity contribution in [2.45, 2.75) is 18.6 Å². The van der Waals surface area contributed by atoms with Crippen LogP contribution in [0, 0.1) is 0 Å². The molecule has 0 aliphatic rings. The molecule has 0 bridgehead atoms. The lowest BCUT2D eigenvalue weighted by atomic mass is 10.1. The van der Waals surface area contributed by atoms with Gasteiger partial charge in [-0.2, -0.15) is 0 Å². The van der Waals surface area contributed by atoms with E-state index in [0.717, 1.165) is 28.1 Å². The SMILES string of the molecule is COc1ccc(CCNC(=O)C(C)SCCOc2ccc(Br)cc2)cc1. The molecule has 1 unspecified atom stereocenters. The van der Waals surface area contributed by atoms with Gasteiger partial charge in [0.25, 0.3) is 0 Å². The van der Waals surface area contributed by atoms with Gasteiger partial charge in [0.05, 0.1) is 19.0 Å². The topological polar surface area (TPSA) is 47.6 Å². The molecule has 1 atom stereocenters. The van der Waals surface area contributed by atoms with Crippen LogP contribution < -0.4 is 14.8 Å². The second-order valence-electron chi connectivity index (χ2n) is 5.70. The molecule has 0 fully saturated rings. The number of halogens is 1. The van der Waals surface area contributed by atoms with Crippen molar-refractivity contribution in [1.82, 2.24) is 5.32 Å². The Kier molecular flexibility index (Phi) is 8.85. The van der Waals surface area contributed by atoms with Gasteiger partial charge in [0.2, 0.25) is 5.91 Å². The number of hydrogen-bond acceptors (Lipinski definition) is 4. The number of nitrogens with one attached hydrogen (secondary N) is 1. The van der Waals surface area contributed by atoms with Crippen molar-refractivity contribution in [2.24, 2.45) is 0 Å². The van der Waals surface area contributed by atoms with E-state index < -0.39 is 0 Å². The van der Waals surface area contributed by atoms with Crippen molar-refractivity contribution < 1.29 is 14.3 Å². The monoisotopic (exact) mass is 437 g/mol. The maximum absolute atomic E-state index is 12.1. The average molecular weight is 438 g/mol. The lowest BCUT2D eigenvalue weighted by Gasteiger charge is -2.12. The van der Waals surface area contributed by atoms with Crippen molar-refractivity contribution in [2.75, 3.05) is 26.0 Å². The highest BCUT2D eigenvalue weighted by Crippen LogP contribution is 2.17. The molecule has 1 N–H and O–H groups in total. The minimum absolute atomic E-state index is 0.0622. The molecule has 0 radical (unpaired) electrons. The largest absolute Gasteiger partial charge is 0.497 e. The molecule has 2 aromatic rings. The van der Waals surface area contributed by atoms with E-state index in [1.165, 1.54) is 5.56 Å². The number of carbonyl (C=O) groups excluding carboxylic acids is 1. The third-order valence-corrected chi connectivity index (χ3v) is 5.42. The second-order valence-corrected chi connectivity index (χ2v) is 8.07. The molecular formula is C20H24BrNO3S. The van der Waals surface area contributed by atoms with Gasteiger partial charge in [0, 0.05) is 16.8 Å². The van der Waals surface area contributed by atoms with E-state index in [4.69, 9.17) is 9.47 Å². The number of ether oxygens (including phenoxy) is 2. The smallest absolute Gasteiger partial charge is 0.232 e. The van der Waals surface area contributed by atoms with E-state index in [1.54, 1.807) is 18.9 Å². The zero-order valence-corrected chi connectivity index (χ0v) is 17.4. The van der Waals surface area contributed by atoms with Crippen molar-refractivity contribution in [3.63, 3.8) is 0 Å². The molecule has 1 amide bonds. The minimum atomic E-state index is -0.0978. The van der Waals surface area contributed by atoms with E-state index in [0.29, 0.717) is 13.2 Å². The summed E-state index contributed by atoms with van der Waals surface area (Å²) < 4.78 is 11.8. The quantitative estimate of drug-likeness (QED) is 0.562. The molecule has 0 aliphatic carbocycles. The lowest BCUT2D eigenvalue weighted by Crippen LogP contribution is -2.32. The molecule has 2 rings (SSSR count). The van der Waals surface area contributed by atoms with Gasteiger partial charge in [0.1, 0.15) is 11.5 Å². The van der Waals surface area contributed by atoms with Crippen LogP contribution in [-0.2, 0) is 11.2 Å². The van der Waals surface area contributed by atoms with Crippen LogP contribution >= 0.6 is 27.7 Å².